The van der Waals surface area contributed by atoms with Crippen LogP contribution >= 0.6 is 39.1 Å². The van der Waals surface area contributed by atoms with Crippen LogP contribution < -0.4 is 31.1 Å². The number of carbonyl (C=O) groups excluding carboxylic acids is 2. The Morgan fingerprint density at radius 3 is 2.31 bits per heavy atom. The molecule has 1 N–H and O–H groups in total. The van der Waals surface area contributed by atoms with Crippen molar-refractivity contribution in [3.63, 3.8) is 0 Å². The number of amides is 2. The lowest BCUT2D eigenvalue weighted by Crippen LogP contribution is -2.59. The first kappa shape index (κ1) is 34.9. The normalized spacial score (nSPS) is 23.9. The number of rotatable bonds is 8. The second kappa shape index (κ2) is 12.3. The number of methoxy groups -OCH3 is 3. The third-order valence-corrected chi connectivity index (χ3v) is 12.0. The van der Waals surface area contributed by atoms with Crippen LogP contribution in [0.1, 0.15) is 29.6 Å². The van der Waals surface area contributed by atoms with Crippen LogP contribution in [0.15, 0.2) is 56.4 Å². The number of phenolic OH excluding ortho intramolecular Hbond substituents is 1. The van der Waals surface area contributed by atoms with E-state index in [-0.39, 0.29) is 48.6 Å². The van der Waals surface area contributed by atoms with Crippen LogP contribution in [-0.4, -0.2) is 81.8 Å². The Kier molecular flexibility index (Phi) is 8.42. The zero-order chi connectivity index (χ0) is 36.7. The average molecular weight is 806 g/mol. The maximum absolute atomic E-state index is 14.2. The van der Waals surface area contributed by atoms with E-state index >= 15 is 0 Å². The molecule has 0 bridgehead atoms. The Morgan fingerprint density at radius 2 is 1.65 bits per heavy atom. The molecule has 2 fully saturated rings. The van der Waals surface area contributed by atoms with Crippen molar-refractivity contribution in [3.8, 4) is 23.0 Å². The van der Waals surface area contributed by atoms with Gasteiger partial charge in [-0.2, -0.15) is 0 Å². The Hall–Kier alpha value is -4.54. The van der Waals surface area contributed by atoms with Crippen LogP contribution in [0.2, 0.25) is 0 Å². The first-order valence-corrected chi connectivity index (χ1v) is 17.6. The molecule has 2 aromatic carbocycles. The number of hydrogen-bond donors (Lipinski definition) is 1. The van der Waals surface area contributed by atoms with Gasteiger partial charge in [-0.05, 0) is 11.6 Å². The number of carbonyl (C=O) groups is 2. The number of benzene rings is 2. The quantitative estimate of drug-likeness (QED) is 0.121. The summed E-state index contributed by atoms with van der Waals surface area (Å²) in [6, 6.07) is 6.54. The van der Waals surface area contributed by atoms with E-state index in [4.69, 9.17) is 37.4 Å². The monoisotopic (exact) mass is 804 g/mol. The molecule has 1 saturated carbocycles. The SMILES string of the molecule is COc1cc2nc(CCn3c(=O)n4n(c3=O)[C@@H]3C[C@@]5(Cl)C(=O)N(CBr)C(=O)[C@@]5(Cl)[C@@H](c5ccc(O)cc5OC)C3=CC4)c(=O)n(C)c2cc1OC. The van der Waals surface area contributed by atoms with Gasteiger partial charge in [-0.3, -0.25) is 19.3 Å². The van der Waals surface area contributed by atoms with Gasteiger partial charge in [0.15, 0.2) is 21.2 Å². The van der Waals surface area contributed by atoms with Crippen molar-refractivity contribution in [3.05, 3.63) is 84.6 Å². The third-order valence-electron chi connectivity index (χ3n) is 10.1. The van der Waals surface area contributed by atoms with Crippen LogP contribution in [0.25, 0.3) is 11.0 Å². The van der Waals surface area contributed by atoms with E-state index in [1.54, 1.807) is 25.3 Å². The van der Waals surface area contributed by atoms with Crippen molar-refractivity contribution in [1.82, 2.24) is 28.4 Å². The number of aromatic nitrogens is 5. The predicted molar refractivity (Wildman–Crippen MR) is 189 cm³/mol. The molecule has 4 atom stereocenters. The molecular weight excluding hydrogens is 775 g/mol. The second-order valence-corrected chi connectivity index (χ2v) is 14.2. The number of ether oxygens (including phenoxy) is 3. The van der Waals surface area contributed by atoms with Gasteiger partial charge in [0.05, 0.1) is 50.4 Å². The molecule has 1 aliphatic carbocycles. The summed E-state index contributed by atoms with van der Waals surface area (Å²) in [5.74, 6) is -1.73. The fourth-order valence-electron chi connectivity index (χ4n) is 7.63. The highest BCUT2D eigenvalue weighted by Gasteiger charge is 2.75. The maximum atomic E-state index is 14.2. The van der Waals surface area contributed by atoms with Crippen molar-refractivity contribution < 1.29 is 28.9 Å². The summed E-state index contributed by atoms with van der Waals surface area (Å²) in [5.41, 5.74) is -0.0916. The summed E-state index contributed by atoms with van der Waals surface area (Å²) in [6.45, 7) is -0.267. The summed E-state index contributed by atoms with van der Waals surface area (Å²) in [6.07, 6.45) is 1.34. The van der Waals surface area contributed by atoms with Gasteiger partial charge < -0.3 is 23.9 Å². The van der Waals surface area contributed by atoms with Crippen LogP contribution in [0, 0.1) is 0 Å². The summed E-state index contributed by atoms with van der Waals surface area (Å²) in [5, 5.41) is 10.2. The summed E-state index contributed by atoms with van der Waals surface area (Å²) >= 11 is 17.7. The lowest BCUT2D eigenvalue weighted by atomic mass is 9.64. The number of phenols is 1. The number of halogens is 3. The van der Waals surface area contributed by atoms with Crippen molar-refractivity contribution in [2.24, 2.45) is 7.05 Å². The Labute approximate surface area is 307 Å². The van der Waals surface area contributed by atoms with Gasteiger partial charge in [0.25, 0.3) is 17.4 Å². The zero-order valence-electron chi connectivity index (χ0n) is 27.7. The minimum Gasteiger partial charge on any atom is -0.508 e. The topological polar surface area (TPSA) is 169 Å². The minimum absolute atomic E-state index is 0.0637. The van der Waals surface area contributed by atoms with Gasteiger partial charge in [-0.15, -0.1) is 23.2 Å². The smallest absolute Gasteiger partial charge is 0.347 e. The van der Waals surface area contributed by atoms with Crippen molar-refractivity contribution in [1.29, 1.82) is 0 Å². The molecule has 7 rings (SSSR count). The van der Waals surface area contributed by atoms with Gasteiger partial charge in [-0.25, -0.2) is 28.5 Å². The molecule has 0 radical (unpaired) electrons. The molecule has 4 aromatic rings. The van der Waals surface area contributed by atoms with Gasteiger partial charge in [0, 0.05) is 56.1 Å². The molecular formula is C33H31BrCl2N6O9. The van der Waals surface area contributed by atoms with E-state index in [1.165, 1.54) is 53.5 Å². The number of allylic oxidation sites excluding steroid dienone is 2. The van der Waals surface area contributed by atoms with Gasteiger partial charge >= 0.3 is 11.4 Å². The van der Waals surface area contributed by atoms with Gasteiger partial charge in [0.2, 0.25) is 0 Å². The molecule has 51 heavy (non-hydrogen) atoms. The number of alkyl halides is 3. The Bertz CT molecular complexity index is 2380. The summed E-state index contributed by atoms with van der Waals surface area (Å²) < 4.78 is 21.2. The number of likely N-dealkylation sites (tertiary alicyclic amines) is 1. The minimum atomic E-state index is -2.06. The number of aromatic hydroxyl groups is 1. The van der Waals surface area contributed by atoms with Crippen molar-refractivity contribution in [2.45, 2.75) is 47.6 Å². The zero-order valence-corrected chi connectivity index (χ0v) is 30.8. The highest BCUT2D eigenvalue weighted by Crippen LogP contribution is 2.64. The molecule has 2 aliphatic heterocycles. The van der Waals surface area contributed by atoms with E-state index in [1.807, 2.05) is 0 Å². The predicted octanol–water partition coefficient (Wildman–Crippen LogP) is 2.38. The second-order valence-electron chi connectivity index (χ2n) is 12.5. The summed E-state index contributed by atoms with van der Waals surface area (Å²) in [4.78, 5) is 70.6. The van der Waals surface area contributed by atoms with E-state index in [0.29, 0.717) is 33.7 Å². The molecule has 15 nitrogen and oxygen atoms in total. The molecule has 0 spiro atoms. The average Bonchev–Trinajstić information content (AvgIpc) is 3.45. The largest absolute Gasteiger partial charge is 0.508 e. The molecule has 2 amide bonds. The summed E-state index contributed by atoms with van der Waals surface area (Å²) in [7, 11) is 5.92. The van der Waals surface area contributed by atoms with Crippen LogP contribution in [0.4, 0.5) is 0 Å². The van der Waals surface area contributed by atoms with E-state index < -0.39 is 50.5 Å². The molecule has 4 heterocycles. The van der Waals surface area contributed by atoms with Crippen molar-refractivity contribution >= 4 is 62.0 Å². The molecule has 18 heteroatoms. The molecule has 3 aliphatic rings. The first-order valence-electron chi connectivity index (χ1n) is 15.7. The highest BCUT2D eigenvalue weighted by molar-refractivity contribution is 9.09. The van der Waals surface area contributed by atoms with Crippen LogP contribution in [0.5, 0.6) is 23.0 Å². The lowest BCUT2D eigenvalue weighted by molar-refractivity contribution is -0.138. The maximum Gasteiger partial charge on any atom is 0.347 e. The standard InChI is InChI=1S/C33H31BrCl2N6O9/c1-38-21-13-25(51-4)24(50-3)12-20(21)37-19(27(38)44)8-9-39-30(47)41-10-7-17-22(42(41)31(39)48)14-32(35)28(45)40(15-34)29(46)33(32,36)26(17)18-6-5-16(43)11-23(18)49-2/h5-7,11-13,22,26,43H,8-10,14-15H2,1-4H3/t22-,26-,32-,33+/m1/s1. The molecule has 268 valence electrons. The number of hydrogen-bond acceptors (Lipinski definition) is 10. The van der Waals surface area contributed by atoms with Crippen LogP contribution in [0.3, 0.4) is 0 Å². The van der Waals surface area contributed by atoms with E-state index in [0.717, 1.165) is 9.47 Å². The first-order chi connectivity index (χ1) is 24.3. The lowest BCUT2D eigenvalue weighted by Gasteiger charge is -2.49. The number of nitrogens with zero attached hydrogens (tertiary/aromatic N) is 6. The highest BCUT2D eigenvalue weighted by atomic mass is 79.9. The van der Waals surface area contributed by atoms with Gasteiger partial charge in [0.1, 0.15) is 17.2 Å². The van der Waals surface area contributed by atoms with E-state index in [9.17, 15) is 29.1 Å². The fraction of sp³-hybridized carbons (Fsp3) is 0.394. The number of fused-ring (bicyclic) bond motifs is 5. The third kappa shape index (κ3) is 4.75. The Morgan fingerprint density at radius 1 is 0.961 bits per heavy atom. The molecule has 1 saturated heterocycles. The van der Waals surface area contributed by atoms with Crippen LogP contribution in [-0.2, 0) is 36.1 Å². The number of imide groups is 1. The van der Waals surface area contributed by atoms with Gasteiger partial charge in [-0.1, -0.05) is 28.1 Å². The fourth-order valence-corrected chi connectivity index (χ4v) is 9.03. The van der Waals surface area contributed by atoms with Crippen molar-refractivity contribution in [2.75, 3.05) is 26.8 Å². The van der Waals surface area contributed by atoms with E-state index in [2.05, 4.69) is 20.9 Å². The molecule has 2 aromatic heterocycles. The molecule has 0 unspecified atom stereocenters. The number of aryl methyl sites for hydroxylation is 2. The Balaban J connectivity index is 1.33.